The molecule has 0 atom stereocenters. The molecule has 2 aliphatic rings. The van der Waals surface area contributed by atoms with Crippen molar-refractivity contribution in [2.45, 2.75) is 6.92 Å². The maximum Gasteiger partial charge on any atom is 0.259 e. The van der Waals surface area contributed by atoms with Gasteiger partial charge >= 0.3 is 0 Å². The summed E-state index contributed by atoms with van der Waals surface area (Å²) < 4.78 is 10.8. The number of amides is 1. The molecule has 2 aromatic rings. The van der Waals surface area contributed by atoms with Gasteiger partial charge in [0.2, 0.25) is 6.79 Å². The summed E-state index contributed by atoms with van der Waals surface area (Å²) >= 11 is 6.20. The highest BCUT2D eigenvalue weighted by Crippen LogP contribution is 2.36. The van der Waals surface area contributed by atoms with Crippen molar-refractivity contribution in [3.8, 4) is 11.5 Å². The number of nitrogens with one attached hydrogen (secondary N) is 1. The van der Waals surface area contributed by atoms with E-state index in [1.807, 2.05) is 12.1 Å². The van der Waals surface area contributed by atoms with Crippen molar-refractivity contribution in [1.82, 2.24) is 4.90 Å². The first kappa shape index (κ1) is 17.9. The number of benzene rings is 2. The van der Waals surface area contributed by atoms with E-state index >= 15 is 0 Å². The van der Waals surface area contributed by atoms with Crippen LogP contribution in [0.5, 0.6) is 11.5 Å². The smallest absolute Gasteiger partial charge is 0.259 e. The quantitative estimate of drug-likeness (QED) is 0.870. The Morgan fingerprint density at radius 2 is 1.96 bits per heavy atom. The Morgan fingerprint density at radius 3 is 2.74 bits per heavy atom. The molecule has 0 radical (unpaired) electrons. The molecule has 4 rings (SSSR count). The van der Waals surface area contributed by atoms with Gasteiger partial charge in [-0.2, -0.15) is 0 Å². The van der Waals surface area contributed by atoms with Gasteiger partial charge in [0, 0.05) is 31.2 Å². The minimum atomic E-state index is -0.243. The number of rotatable bonds is 4. The lowest BCUT2D eigenvalue weighted by molar-refractivity contribution is 0.102. The number of fused-ring (bicyclic) bond motifs is 1. The number of likely N-dealkylation sites (N-methyl/N-ethyl adjacent to an activating group) is 1. The summed E-state index contributed by atoms with van der Waals surface area (Å²) in [7, 11) is 0. The maximum absolute atomic E-state index is 12.9. The Bertz CT molecular complexity index is 850. The Hall–Kier alpha value is -2.44. The molecule has 0 saturated carbocycles. The molecule has 1 saturated heterocycles. The van der Waals surface area contributed by atoms with Gasteiger partial charge < -0.3 is 24.6 Å². The predicted molar refractivity (Wildman–Crippen MR) is 106 cm³/mol. The zero-order chi connectivity index (χ0) is 18.8. The minimum absolute atomic E-state index is 0.129. The summed E-state index contributed by atoms with van der Waals surface area (Å²) in [4.78, 5) is 17.6. The average Bonchev–Trinajstić information content (AvgIpc) is 3.17. The molecule has 1 fully saturated rings. The molecule has 2 aliphatic heterocycles. The first-order chi connectivity index (χ1) is 13.2. The Balaban J connectivity index is 1.58. The number of hydrogen-bond donors (Lipinski definition) is 1. The summed E-state index contributed by atoms with van der Waals surface area (Å²) in [6, 6.07) is 10.9. The van der Waals surface area contributed by atoms with E-state index in [1.165, 1.54) is 0 Å². The lowest BCUT2D eigenvalue weighted by Gasteiger charge is -2.36. The summed E-state index contributed by atoms with van der Waals surface area (Å²) in [6.07, 6.45) is 0. The van der Waals surface area contributed by atoms with Crippen LogP contribution in [0.25, 0.3) is 0 Å². The molecule has 142 valence electrons. The molecule has 0 unspecified atom stereocenters. The standard InChI is InChI=1S/C20H22ClN3O3/c1-2-23-8-10-24(11-9-23)17-7-6-14(21)12-16(17)22-20(25)15-4-3-5-18-19(15)27-13-26-18/h3-7,12H,2,8-11,13H2,1H3,(H,22,25). The van der Waals surface area contributed by atoms with E-state index in [4.69, 9.17) is 21.1 Å². The lowest BCUT2D eigenvalue weighted by Crippen LogP contribution is -2.46. The Morgan fingerprint density at radius 1 is 1.15 bits per heavy atom. The fourth-order valence-electron chi connectivity index (χ4n) is 3.49. The van der Waals surface area contributed by atoms with Gasteiger partial charge in [-0.05, 0) is 36.9 Å². The second-order valence-electron chi connectivity index (χ2n) is 6.58. The van der Waals surface area contributed by atoms with Crippen molar-refractivity contribution in [2.75, 3.05) is 49.7 Å². The van der Waals surface area contributed by atoms with E-state index < -0.39 is 0 Å². The lowest BCUT2D eigenvalue weighted by atomic mass is 10.1. The van der Waals surface area contributed by atoms with Gasteiger partial charge in [-0.25, -0.2) is 0 Å². The van der Waals surface area contributed by atoms with Crippen molar-refractivity contribution in [1.29, 1.82) is 0 Å². The molecule has 0 aliphatic carbocycles. The molecule has 7 heteroatoms. The van der Waals surface area contributed by atoms with Crippen LogP contribution in [0.3, 0.4) is 0 Å². The fraction of sp³-hybridized carbons (Fsp3) is 0.350. The van der Waals surface area contributed by atoms with Gasteiger partial charge in [0.15, 0.2) is 11.5 Å². The molecule has 0 aromatic heterocycles. The largest absolute Gasteiger partial charge is 0.454 e. The number of ether oxygens (including phenoxy) is 2. The Labute approximate surface area is 163 Å². The third-order valence-electron chi connectivity index (χ3n) is 5.01. The van der Waals surface area contributed by atoms with Gasteiger partial charge in [-0.1, -0.05) is 24.6 Å². The summed E-state index contributed by atoms with van der Waals surface area (Å²) in [5.41, 5.74) is 2.13. The van der Waals surface area contributed by atoms with E-state index in [0.717, 1.165) is 38.4 Å². The maximum atomic E-state index is 12.9. The van der Waals surface area contributed by atoms with Crippen LogP contribution < -0.4 is 19.7 Å². The molecule has 6 nitrogen and oxygen atoms in total. The molecule has 0 bridgehead atoms. The molecule has 2 aromatic carbocycles. The van der Waals surface area contributed by atoms with Crippen molar-refractivity contribution in [2.24, 2.45) is 0 Å². The number of carbonyl (C=O) groups is 1. The summed E-state index contributed by atoms with van der Waals surface area (Å²) in [5, 5.41) is 3.59. The number of hydrogen-bond acceptors (Lipinski definition) is 5. The summed E-state index contributed by atoms with van der Waals surface area (Å²) in [6.45, 7) is 7.19. The second kappa shape index (κ2) is 7.66. The van der Waals surface area contributed by atoms with E-state index in [9.17, 15) is 4.79 Å². The number of para-hydroxylation sites is 1. The fourth-order valence-corrected chi connectivity index (χ4v) is 3.66. The topological polar surface area (TPSA) is 54.0 Å². The molecular formula is C20H22ClN3O3. The highest BCUT2D eigenvalue weighted by molar-refractivity contribution is 6.31. The molecule has 2 heterocycles. The highest BCUT2D eigenvalue weighted by Gasteiger charge is 2.24. The zero-order valence-corrected chi connectivity index (χ0v) is 16.0. The van der Waals surface area contributed by atoms with Gasteiger partial charge in [0.1, 0.15) is 0 Å². The van der Waals surface area contributed by atoms with Crippen LogP contribution in [-0.2, 0) is 0 Å². The van der Waals surface area contributed by atoms with Crippen LogP contribution in [0.2, 0.25) is 5.02 Å². The number of halogens is 1. The minimum Gasteiger partial charge on any atom is -0.454 e. The van der Waals surface area contributed by atoms with Gasteiger partial charge in [0.25, 0.3) is 5.91 Å². The molecule has 27 heavy (non-hydrogen) atoms. The van der Waals surface area contributed by atoms with E-state index in [0.29, 0.717) is 27.8 Å². The first-order valence-corrected chi connectivity index (χ1v) is 9.50. The van der Waals surface area contributed by atoms with Crippen LogP contribution in [0.4, 0.5) is 11.4 Å². The van der Waals surface area contributed by atoms with Crippen LogP contribution >= 0.6 is 11.6 Å². The van der Waals surface area contributed by atoms with Crippen molar-refractivity contribution >= 4 is 28.9 Å². The van der Waals surface area contributed by atoms with Gasteiger partial charge in [-0.15, -0.1) is 0 Å². The van der Waals surface area contributed by atoms with E-state index in [2.05, 4.69) is 22.0 Å². The van der Waals surface area contributed by atoms with Gasteiger partial charge in [-0.3, -0.25) is 4.79 Å². The van der Waals surface area contributed by atoms with Gasteiger partial charge in [0.05, 0.1) is 16.9 Å². The van der Waals surface area contributed by atoms with Crippen LogP contribution in [0.1, 0.15) is 17.3 Å². The monoisotopic (exact) mass is 387 g/mol. The average molecular weight is 388 g/mol. The normalized spacial score (nSPS) is 16.4. The number of carbonyl (C=O) groups excluding carboxylic acids is 1. The molecule has 1 N–H and O–H groups in total. The Kier molecular flexibility index (Phi) is 5.09. The van der Waals surface area contributed by atoms with Crippen LogP contribution in [0, 0.1) is 0 Å². The molecular weight excluding hydrogens is 366 g/mol. The predicted octanol–water partition coefficient (Wildman–Crippen LogP) is 3.46. The second-order valence-corrected chi connectivity index (χ2v) is 7.01. The van der Waals surface area contributed by atoms with Crippen LogP contribution in [0.15, 0.2) is 36.4 Å². The van der Waals surface area contributed by atoms with E-state index in [-0.39, 0.29) is 12.7 Å². The summed E-state index contributed by atoms with van der Waals surface area (Å²) in [5.74, 6) is 0.827. The first-order valence-electron chi connectivity index (χ1n) is 9.12. The van der Waals surface area contributed by atoms with Crippen LogP contribution in [-0.4, -0.2) is 50.3 Å². The highest BCUT2D eigenvalue weighted by atomic mass is 35.5. The van der Waals surface area contributed by atoms with Crippen molar-refractivity contribution < 1.29 is 14.3 Å². The van der Waals surface area contributed by atoms with E-state index in [1.54, 1.807) is 24.3 Å². The van der Waals surface area contributed by atoms with Crippen molar-refractivity contribution in [3.05, 3.63) is 47.0 Å². The molecule has 0 spiro atoms. The number of piperazine rings is 1. The third-order valence-corrected chi connectivity index (χ3v) is 5.24. The third kappa shape index (κ3) is 3.68. The molecule has 1 amide bonds. The SMILES string of the molecule is CCN1CCN(c2ccc(Cl)cc2NC(=O)c2cccc3c2OCO3)CC1. The zero-order valence-electron chi connectivity index (χ0n) is 15.2. The van der Waals surface area contributed by atoms with Crippen molar-refractivity contribution in [3.63, 3.8) is 0 Å². The number of nitrogens with zero attached hydrogens (tertiary/aromatic N) is 2. The number of anilines is 2.